The summed E-state index contributed by atoms with van der Waals surface area (Å²) in [6.45, 7) is 6.24. The quantitative estimate of drug-likeness (QED) is 0.892. The van der Waals surface area contributed by atoms with E-state index in [1.807, 2.05) is 19.1 Å². The molecule has 1 fully saturated rings. The van der Waals surface area contributed by atoms with Crippen LogP contribution in [-0.4, -0.2) is 17.3 Å². The first-order valence-electron chi connectivity index (χ1n) is 6.12. The molecule has 1 aromatic carbocycles. The summed E-state index contributed by atoms with van der Waals surface area (Å²) >= 11 is 6.21. The van der Waals surface area contributed by atoms with E-state index in [9.17, 15) is 5.11 Å². The molecule has 2 nitrogen and oxygen atoms in total. The third-order valence-corrected chi connectivity index (χ3v) is 3.61. The van der Waals surface area contributed by atoms with Gasteiger partial charge < -0.3 is 9.84 Å². The number of hydrogen-bond acceptors (Lipinski definition) is 2. The SMILES string of the molecule is Cc1cc(Cl)c(C(C)C)cc1OC1CC(O)C1. The molecule has 3 heteroatoms. The number of hydrogen-bond donors (Lipinski definition) is 1. The maximum atomic E-state index is 9.25. The molecule has 94 valence electrons. The van der Waals surface area contributed by atoms with Crippen molar-refractivity contribution in [1.29, 1.82) is 0 Å². The zero-order valence-electron chi connectivity index (χ0n) is 10.5. The summed E-state index contributed by atoms with van der Waals surface area (Å²) in [4.78, 5) is 0. The van der Waals surface area contributed by atoms with Crippen LogP contribution in [-0.2, 0) is 0 Å². The summed E-state index contributed by atoms with van der Waals surface area (Å²) in [6.07, 6.45) is 1.44. The predicted octanol–water partition coefficient (Wildman–Crippen LogP) is 3.67. The summed E-state index contributed by atoms with van der Waals surface area (Å²) in [6, 6.07) is 3.99. The molecule has 0 aromatic heterocycles. The highest BCUT2D eigenvalue weighted by molar-refractivity contribution is 6.31. The first-order valence-corrected chi connectivity index (χ1v) is 6.50. The van der Waals surface area contributed by atoms with E-state index in [4.69, 9.17) is 16.3 Å². The molecule has 0 bridgehead atoms. The van der Waals surface area contributed by atoms with Crippen LogP contribution in [0.4, 0.5) is 0 Å². The Balaban J connectivity index is 2.18. The van der Waals surface area contributed by atoms with Crippen molar-refractivity contribution >= 4 is 11.6 Å². The molecule has 2 rings (SSSR count). The van der Waals surface area contributed by atoms with Crippen molar-refractivity contribution in [3.8, 4) is 5.75 Å². The van der Waals surface area contributed by atoms with Crippen molar-refractivity contribution in [2.24, 2.45) is 0 Å². The zero-order valence-corrected chi connectivity index (χ0v) is 11.3. The topological polar surface area (TPSA) is 29.5 Å². The van der Waals surface area contributed by atoms with Crippen LogP contribution in [0.25, 0.3) is 0 Å². The van der Waals surface area contributed by atoms with Crippen LogP contribution >= 0.6 is 11.6 Å². The van der Waals surface area contributed by atoms with Gasteiger partial charge in [-0.15, -0.1) is 0 Å². The van der Waals surface area contributed by atoms with E-state index in [-0.39, 0.29) is 12.2 Å². The third-order valence-electron chi connectivity index (χ3n) is 3.28. The highest BCUT2D eigenvalue weighted by atomic mass is 35.5. The zero-order chi connectivity index (χ0) is 12.6. The Bertz CT molecular complexity index is 409. The molecule has 0 saturated heterocycles. The van der Waals surface area contributed by atoms with Crippen LogP contribution in [0.1, 0.15) is 43.7 Å². The summed E-state index contributed by atoms with van der Waals surface area (Å²) < 4.78 is 5.88. The Kier molecular flexibility index (Phi) is 3.64. The minimum atomic E-state index is -0.183. The lowest BCUT2D eigenvalue weighted by molar-refractivity contribution is -0.0111. The van der Waals surface area contributed by atoms with E-state index in [0.29, 0.717) is 5.92 Å². The van der Waals surface area contributed by atoms with Crippen molar-refractivity contribution in [3.63, 3.8) is 0 Å². The molecule has 1 aliphatic carbocycles. The summed E-state index contributed by atoms with van der Waals surface area (Å²) in [5.41, 5.74) is 2.17. The number of ether oxygens (including phenoxy) is 1. The standard InChI is InChI=1S/C14H19ClO2/c1-8(2)12-7-14(9(3)4-13(12)15)17-11-5-10(16)6-11/h4,7-8,10-11,16H,5-6H2,1-3H3. The van der Waals surface area contributed by atoms with Gasteiger partial charge in [0.05, 0.1) is 6.10 Å². The summed E-state index contributed by atoms with van der Waals surface area (Å²) in [5, 5.41) is 10.1. The lowest BCUT2D eigenvalue weighted by Gasteiger charge is -2.32. The van der Waals surface area contributed by atoms with Crippen LogP contribution in [0.3, 0.4) is 0 Å². The van der Waals surface area contributed by atoms with Gasteiger partial charge in [0.15, 0.2) is 0 Å². The number of aryl methyl sites for hydroxylation is 1. The lowest BCUT2D eigenvalue weighted by atomic mass is 9.92. The highest BCUT2D eigenvalue weighted by Crippen LogP contribution is 2.34. The van der Waals surface area contributed by atoms with E-state index in [1.54, 1.807) is 0 Å². The van der Waals surface area contributed by atoms with Gasteiger partial charge in [0, 0.05) is 17.9 Å². The van der Waals surface area contributed by atoms with Gasteiger partial charge in [-0.1, -0.05) is 25.4 Å². The molecular weight excluding hydrogens is 236 g/mol. The number of rotatable bonds is 3. The second-order valence-electron chi connectivity index (χ2n) is 5.16. The van der Waals surface area contributed by atoms with Gasteiger partial charge in [-0.3, -0.25) is 0 Å². The van der Waals surface area contributed by atoms with Crippen LogP contribution in [0.5, 0.6) is 5.75 Å². The van der Waals surface area contributed by atoms with E-state index in [2.05, 4.69) is 13.8 Å². The Labute approximate surface area is 108 Å². The van der Waals surface area contributed by atoms with Gasteiger partial charge in [-0.05, 0) is 36.1 Å². The van der Waals surface area contributed by atoms with Gasteiger partial charge in [-0.2, -0.15) is 0 Å². The molecule has 0 spiro atoms. The van der Waals surface area contributed by atoms with Crippen LogP contribution < -0.4 is 4.74 Å². The molecule has 0 amide bonds. The summed E-state index contributed by atoms with van der Waals surface area (Å²) in [5.74, 6) is 1.28. The van der Waals surface area contributed by atoms with Crippen molar-refractivity contribution in [1.82, 2.24) is 0 Å². The molecule has 0 atom stereocenters. The molecule has 0 unspecified atom stereocenters. The van der Waals surface area contributed by atoms with E-state index >= 15 is 0 Å². The molecule has 1 aliphatic rings. The maximum absolute atomic E-state index is 9.25. The van der Waals surface area contributed by atoms with E-state index in [0.717, 1.165) is 34.7 Å². The fourth-order valence-corrected chi connectivity index (χ4v) is 2.49. The molecular formula is C14H19ClO2. The minimum absolute atomic E-state index is 0.157. The minimum Gasteiger partial charge on any atom is -0.490 e. The van der Waals surface area contributed by atoms with Crippen molar-refractivity contribution in [2.45, 2.75) is 51.7 Å². The van der Waals surface area contributed by atoms with Gasteiger partial charge in [0.1, 0.15) is 11.9 Å². The second-order valence-corrected chi connectivity index (χ2v) is 5.57. The molecule has 17 heavy (non-hydrogen) atoms. The van der Waals surface area contributed by atoms with E-state index in [1.165, 1.54) is 0 Å². The van der Waals surface area contributed by atoms with Crippen molar-refractivity contribution in [3.05, 3.63) is 28.3 Å². The van der Waals surface area contributed by atoms with Gasteiger partial charge >= 0.3 is 0 Å². The Morgan fingerprint density at radius 3 is 2.53 bits per heavy atom. The van der Waals surface area contributed by atoms with Crippen LogP contribution in [0.2, 0.25) is 5.02 Å². The fourth-order valence-electron chi connectivity index (χ4n) is 2.05. The molecule has 1 aromatic rings. The molecule has 1 saturated carbocycles. The smallest absolute Gasteiger partial charge is 0.123 e. The average Bonchev–Trinajstić information content (AvgIpc) is 2.18. The molecule has 0 heterocycles. The Morgan fingerprint density at radius 1 is 1.35 bits per heavy atom. The maximum Gasteiger partial charge on any atom is 0.123 e. The largest absolute Gasteiger partial charge is 0.490 e. The average molecular weight is 255 g/mol. The van der Waals surface area contributed by atoms with Gasteiger partial charge in [-0.25, -0.2) is 0 Å². The van der Waals surface area contributed by atoms with Gasteiger partial charge in [0.25, 0.3) is 0 Å². The first kappa shape index (κ1) is 12.7. The monoisotopic (exact) mass is 254 g/mol. The van der Waals surface area contributed by atoms with Crippen molar-refractivity contribution < 1.29 is 9.84 Å². The molecule has 0 aliphatic heterocycles. The Hall–Kier alpha value is -0.730. The highest BCUT2D eigenvalue weighted by Gasteiger charge is 2.29. The number of aliphatic hydroxyl groups is 1. The van der Waals surface area contributed by atoms with Crippen LogP contribution in [0.15, 0.2) is 12.1 Å². The third kappa shape index (κ3) is 2.75. The first-order chi connectivity index (χ1) is 7.97. The number of halogens is 1. The van der Waals surface area contributed by atoms with Gasteiger partial charge in [0.2, 0.25) is 0 Å². The number of benzene rings is 1. The lowest BCUT2D eigenvalue weighted by Crippen LogP contribution is -2.37. The molecule has 0 radical (unpaired) electrons. The fraction of sp³-hybridized carbons (Fsp3) is 0.571. The molecule has 1 N–H and O–H groups in total. The van der Waals surface area contributed by atoms with E-state index < -0.39 is 0 Å². The number of aliphatic hydroxyl groups excluding tert-OH is 1. The Morgan fingerprint density at radius 2 is 2.00 bits per heavy atom. The predicted molar refractivity (Wildman–Crippen MR) is 69.9 cm³/mol. The normalized spacial score (nSPS) is 23.6. The van der Waals surface area contributed by atoms with Crippen molar-refractivity contribution in [2.75, 3.05) is 0 Å². The van der Waals surface area contributed by atoms with Crippen LogP contribution in [0, 0.1) is 6.92 Å². The summed E-state index contributed by atoms with van der Waals surface area (Å²) in [7, 11) is 0. The second kappa shape index (κ2) is 4.87.